The highest BCUT2D eigenvalue weighted by atomic mass is 16.3. The molecule has 0 saturated carbocycles. The summed E-state index contributed by atoms with van der Waals surface area (Å²) in [6.45, 7) is 1.99. The Morgan fingerprint density at radius 2 is 2.04 bits per heavy atom. The van der Waals surface area contributed by atoms with Crippen LogP contribution in [-0.2, 0) is 11.3 Å². The van der Waals surface area contributed by atoms with E-state index < -0.39 is 0 Å². The van der Waals surface area contributed by atoms with Crippen LogP contribution in [0.15, 0.2) is 53.3 Å². The average Bonchev–Trinajstić information content (AvgIpc) is 3.09. The summed E-state index contributed by atoms with van der Waals surface area (Å²) in [6, 6.07) is 11.7. The van der Waals surface area contributed by atoms with Gasteiger partial charge in [-0.05, 0) is 30.4 Å². The smallest absolute Gasteiger partial charge is 0.254 e. The molecule has 1 unspecified atom stereocenters. The highest BCUT2D eigenvalue weighted by Gasteiger charge is 2.23. The van der Waals surface area contributed by atoms with Crippen molar-refractivity contribution < 1.29 is 14.0 Å². The number of nitrogens with one attached hydrogen (secondary N) is 1. The summed E-state index contributed by atoms with van der Waals surface area (Å²) in [5.74, 6) is 0.397. The monoisotopic (exact) mass is 326 g/mol. The van der Waals surface area contributed by atoms with E-state index in [1.807, 2.05) is 35.2 Å². The Bertz CT molecular complexity index is 667. The van der Waals surface area contributed by atoms with Gasteiger partial charge < -0.3 is 14.6 Å². The lowest BCUT2D eigenvalue weighted by Crippen LogP contribution is -2.31. The first kappa shape index (κ1) is 16.3. The van der Waals surface area contributed by atoms with Gasteiger partial charge in [0.05, 0.1) is 11.8 Å². The van der Waals surface area contributed by atoms with Gasteiger partial charge in [0.25, 0.3) is 5.91 Å². The van der Waals surface area contributed by atoms with E-state index in [0.29, 0.717) is 31.0 Å². The van der Waals surface area contributed by atoms with Crippen molar-refractivity contribution in [2.75, 3.05) is 13.1 Å². The van der Waals surface area contributed by atoms with E-state index in [2.05, 4.69) is 5.32 Å². The van der Waals surface area contributed by atoms with Gasteiger partial charge in [-0.25, -0.2) is 0 Å². The molecule has 0 spiro atoms. The zero-order valence-corrected chi connectivity index (χ0v) is 13.6. The van der Waals surface area contributed by atoms with Crippen molar-refractivity contribution in [2.24, 2.45) is 5.92 Å². The lowest BCUT2D eigenvalue weighted by molar-refractivity contribution is -0.131. The molecule has 0 bridgehead atoms. The third-order valence-corrected chi connectivity index (χ3v) is 4.48. The van der Waals surface area contributed by atoms with Crippen molar-refractivity contribution in [3.05, 3.63) is 60.1 Å². The summed E-state index contributed by atoms with van der Waals surface area (Å²) >= 11 is 0. The predicted molar refractivity (Wildman–Crippen MR) is 90.2 cm³/mol. The van der Waals surface area contributed by atoms with Gasteiger partial charge in [0.1, 0.15) is 6.26 Å². The molecular formula is C19H22N2O3. The maximum absolute atomic E-state index is 12.3. The van der Waals surface area contributed by atoms with E-state index >= 15 is 0 Å². The van der Waals surface area contributed by atoms with Crippen LogP contribution in [-0.4, -0.2) is 29.8 Å². The number of amides is 2. The number of hydrogen-bond acceptors (Lipinski definition) is 3. The molecule has 126 valence electrons. The Morgan fingerprint density at radius 3 is 2.79 bits per heavy atom. The van der Waals surface area contributed by atoms with Crippen molar-refractivity contribution in [3.63, 3.8) is 0 Å². The Morgan fingerprint density at radius 1 is 1.21 bits per heavy atom. The van der Waals surface area contributed by atoms with Crippen LogP contribution < -0.4 is 5.32 Å². The predicted octanol–water partition coefficient (Wildman–Crippen LogP) is 2.84. The van der Waals surface area contributed by atoms with Crippen LogP contribution in [0.2, 0.25) is 0 Å². The van der Waals surface area contributed by atoms with E-state index in [1.54, 1.807) is 6.07 Å². The van der Waals surface area contributed by atoms with Crippen LogP contribution in [0.1, 0.15) is 35.2 Å². The third-order valence-electron chi connectivity index (χ3n) is 4.48. The Balaban J connectivity index is 1.50. The minimum absolute atomic E-state index is 0.125. The minimum atomic E-state index is -0.125. The summed E-state index contributed by atoms with van der Waals surface area (Å²) in [7, 11) is 0. The van der Waals surface area contributed by atoms with E-state index in [9.17, 15) is 9.59 Å². The number of rotatable bonds is 5. The van der Waals surface area contributed by atoms with Gasteiger partial charge in [-0.2, -0.15) is 0 Å². The lowest BCUT2D eigenvalue weighted by atomic mass is 10.0. The van der Waals surface area contributed by atoms with Crippen LogP contribution in [0.25, 0.3) is 0 Å². The number of carbonyl (C=O) groups excluding carboxylic acids is 2. The molecule has 0 radical (unpaired) electrons. The molecule has 3 rings (SSSR count). The average molecular weight is 326 g/mol. The van der Waals surface area contributed by atoms with E-state index in [1.165, 1.54) is 12.5 Å². The summed E-state index contributed by atoms with van der Waals surface area (Å²) in [6.07, 6.45) is 5.19. The molecule has 2 amide bonds. The second kappa shape index (κ2) is 7.81. The van der Waals surface area contributed by atoms with Crippen molar-refractivity contribution >= 4 is 11.8 Å². The van der Waals surface area contributed by atoms with Gasteiger partial charge in [-0.1, -0.05) is 30.3 Å². The highest BCUT2D eigenvalue weighted by Crippen LogP contribution is 2.19. The van der Waals surface area contributed by atoms with Crippen LogP contribution in [0, 0.1) is 5.92 Å². The Kier molecular flexibility index (Phi) is 5.31. The lowest BCUT2D eigenvalue weighted by Gasteiger charge is -2.21. The minimum Gasteiger partial charge on any atom is -0.472 e. The number of furan rings is 1. The first-order valence-electron chi connectivity index (χ1n) is 8.34. The molecule has 1 aliphatic rings. The van der Waals surface area contributed by atoms with Gasteiger partial charge in [0, 0.05) is 26.1 Å². The molecule has 1 N–H and O–H groups in total. The number of hydrogen-bond donors (Lipinski definition) is 1. The molecule has 2 heterocycles. The summed E-state index contributed by atoms with van der Waals surface area (Å²) < 4.78 is 4.92. The van der Waals surface area contributed by atoms with E-state index in [0.717, 1.165) is 24.9 Å². The van der Waals surface area contributed by atoms with Crippen molar-refractivity contribution in [1.29, 1.82) is 0 Å². The summed E-state index contributed by atoms with van der Waals surface area (Å²) in [5.41, 5.74) is 1.68. The Hall–Kier alpha value is -2.56. The maximum Gasteiger partial charge on any atom is 0.254 e. The van der Waals surface area contributed by atoms with Crippen LogP contribution in [0.5, 0.6) is 0 Å². The topological polar surface area (TPSA) is 62.6 Å². The molecular weight excluding hydrogens is 304 g/mol. The number of carbonyl (C=O) groups is 2. The zero-order valence-electron chi connectivity index (χ0n) is 13.6. The standard InChI is InChI=1S/C19H22N2O3/c22-18-7-6-15(12-20-19(23)17-9-11-24-14-17)8-10-21(18)13-16-4-2-1-3-5-16/h1-5,9,11,14-15H,6-8,10,12-13H2,(H,20,23). The molecule has 5 heteroatoms. The molecule has 1 atom stereocenters. The highest BCUT2D eigenvalue weighted by molar-refractivity contribution is 5.93. The Labute approximate surface area is 141 Å². The SMILES string of the molecule is O=C(NCC1CCC(=O)N(Cc2ccccc2)CC1)c1ccoc1. The molecule has 1 fully saturated rings. The van der Waals surface area contributed by atoms with Gasteiger partial charge in [0.15, 0.2) is 0 Å². The molecule has 5 nitrogen and oxygen atoms in total. The van der Waals surface area contributed by atoms with Gasteiger partial charge in [0.2, 0.25) is 5.91 Å². The second-order valence-corrected chi connectivity index (χ2v) is 6.22. The summed E-state index contributed by atoms with van der Waals surface area (Å²) in [4.78, 5) is 26.2. The molecule has 24 heavy (non-hydrogen) atoms. The first-order valence-corrected chi connectivity index (χ1v) is 8.34. The fraction of sp³-hybridized carbons (Fsp3) is 0.368. The number of benzene rings is 1. The third kappa shape index (κ3) is 4.25. The molecule has 2 aromatic rings. The number of nitrogens with zero attached hydrogens (tertiary/aromatic N) is 1. The van der Waals surface area contributed by atoms with Gasteiger partial charge in [-0.15, -0.1) is 0 Å². The maximum atomic E-state index is 12.3. The second-order valence-electron chi connectivity index (χ2n) is 6.22. The van der Waals surface area contributed by atoms with E-state index in [-0.39, 0.29) is 11.8 Å². The van der Waals surface area contributed by atoms with Gasteiger partial charge >= 0.3 is 0 Å². The van der Waals surface area contributed by atoms with Crippen LogP contribution in [0.3, 0.4) is 0 Å². The van der Waals surface area contributed by atoms with Crippen molar-refractivity contribution in [1.82, 2.24) is 10.2 Å². The fourth-order valence-corrected chi connectivity index (χ4v) is 3.00. The van der Waals surface area contributed by atoms with Crippen molar-refractivity contribution in [3.8, 4) is 0 Å². The fourth-order valence-electron chi connectivity index (χ4n) is 3.00. The quantitative estimate of drug-likeness (QED) is 0.919. The molecule has 0 aliphatic carbocycles. The zero-order chi connectivity index (χ0) is 16.8. The van der Waals surface area contributed by atoms with Gasteiger partial charge in [-0.3, -0.25) is 9.59 Å². The molecule has 1 aliphatic heterocycles. The van der Waals surface area contributed by atoms with Crippen molar-refractivity contribution in [2.45, 2.75) is 25.8 Å². The largest absolute Gasteiger partial charge is 0.472 e. The normalized spacial score (nSPS) is 18.2. The number of likely N-dealkylation sites (tertiary alicyclic amines) is 1. The molecule has 1 aromatic heterocycles. The first-order chi connectivity index (χ1) is 11.7. The molecule has 1 aromatic carbocycles. The van der Waals surface area contributed by atoms with Crippen LogP contribution >= 0.6 is 0 Å². The molecule has 1 saturated heterocycles. The van der Waals surface area contributed by atoms with E-state index in [4.69, 9.17) is 4.42 Å². The van der Waals surface area contributed by atoms with Crippen LogP contribution in [0.4, 0.5) is 0 Å². The summed E-state index contributed by atoms with van der Waals surface area (Å²) in [5, 5.41) is 2.93.